The van der Waals surface area contributed by atoms with Gasteiger partial charge in [0.15, 0.2) is 0 Å². The molecule has 3 aromatic rings. The highest BCUT2D eigenvalue weighted by Gasteiger charge is 2.08. The molecular formula is C18H16O. The molecule has 0 spiro atoms. The summed E-state index contributed by atoms with van der Waals surface area (Å²) in [6, 6.07) is 18.6. The lowest BCUT2D eigenvalue weighted by Crippen LogP contribution is -1.87. The Morgan fingerprint density at radius 1 is 0.737 bits per heavy atom. The second kappa shape index (κ2) is 4.43. The first-order valence-electron chi connectivity index (χ1n) is 6.45. The van der Waals surface area contributed by atoms with E-state index in [1.807, 2.05) is 19.9 Å². The summed E-state index contributed by atoms with van der Waals surface area (Å²) in [6.45, 7) is 3.97. The number of rotatable bonds is 1. The van der Waals surface area contributed by atoms with Gasteiger partial charge in [-0.05, 0) is 59.0 Å². The van der Waals surface area contributed by atoms with Gasteiger partial charge in [0.1, 0.15) is 5.75 Å². The summed E-state index contributed by atoms with van der Waals surface area (Å²) in [5, 5.41) is 12.3. The topological polar surface area (TPSA) is 20.2 Å². The Bertz CT molecular complexity index is 751. The van der Waals surface area contributed by atoms with E-state index in [0.29, 0.717) is 5.75 Å². The molecule has 3 aromatic carbocycles. The van der Waals surface area contributed by atoms with Crippen LogP contribution in [-0.4, -0.2) is 5.11 Å². The number of hydrogen-bond acceptors (Lipinski definition) is 1. The van der Waals surface area contributed by atoms with Gasteiger partial charge in [0.05, 0.1) is 0 Å². The zero-order chi connectivity index (χ0) is 13.4. The SMILES string of the molecule is Cc1cc(-c2cccc3ccccc23)c(C)cc1O. The van der Waals surface area contributed by atoms with Gasteiger partial charge >= 0.3 is 0 Å². The van der Waals surface area contributed by atoms with E-state index in [0.717, 1.165) is 11.1 Å². The number of fused-ring (bicyclic) bond motifs is 1. The molecule has 0 saturated carbocycles. The third-order valence-electron chi connectivity index (χ3n) is 3.62. The van der Waals surface area contributed by atoms with Crippen LogP contribution in [0, 0.1) is 13.8 Å². The maximum atomic E-state index is 9.78. The molecule has 0 aliphatic carbocycles. The number of phenols is 1. The Morgan fingerprint density at radius 2 is 1.47 bits per heavy atom. The van der Waals surface area contributed by atoms with Gasteiger partial charge in [-0.3, -0.25) is 0 Å². The van der Waals surface area contributed by atoms with Crippen molar-refractivity contribution in [1.29, 1.82) is 0 Å². The van der Waals surface area contributed by atoms with Crippen molar-refractivity contribution in [2.75, 3.05) is 0 Å². The summed E-state index contributed by atoms with van der Waals surface area (Å²) in [7, 11) is 0. The van der Waals surface area contributed by atoms with E-state index in [-0.39, 0.29) is 0 Å². The Kier molecular flexibility index (Phi) is 2.75. The number of aromatic hydroxyl groups is 1. The van der Waals surface area contributed by atoms with Crippen molar-refractivity contribution in [2.45, 2.75) is 13.8 Å². The average molecular weight is 248 g/mol. The van der Waals surface area contributed by atoms with E-state index in [4.69, 9.17) is 0 Å². The van der Waals surface area contributed by atoms with Gasteiger partial charge in [0.2, 0.25) is 0 Å². The second-order valence-corrected chi connectivity index (χ2v) is 4.98. The molecule has 0 heterocycles. The smallest absolute Gasteiger partial charge is 0.118 e. The van der Waals surface area contributed by atoms with Crippen LogP contribution in [0.1, 0.15) is 11.1 Å². The minimum absolute atomic E-state index is 0.362. The zero-order valence-corrected chi connectivity index (χ0v) is 11.1. The van der Waals surface area contributed by atoms with E-state index < -0.39 is 0 Å². The largest absolute Gasteiger partial charge is 0.508 e. The monoisotopic (exact) mass is 248 g/mol. The van der Waals surface area contributed by atoms with Crippen molar-refractivity contribution >= 4 is 10.8 Å². The highest BCUT2D eigenvalue weighted by atomic mass is 16.3. The Morgan fingerprint density at radius 3 is 2.32 bits per heavy atom. The van der Waals surface area contributed by atoms with Crippen molar-refractivity contribution < 1.29 is 5.11 Å². The Balaban J connectivity index is 2.33. The highest BCUT2D eigenvalue weighted by molar-refractivity contribution is 5.97. The van der Waals surface area contributed by atoms with Gasteiger partial charge in [-0.15, -0.1) is 0 Å². The predicted molar refractivity (Wildman–Crippen MR) is 80.5 cm³/mol. The fourth-order valence-electron chi connectivity index (χ4n) is 2.55. The van der Waals surface area contributed by atoms with Crippen molar-refractivity contribution in [3.63, 3.8) is 0 Å². The Labute approximate surface area is 113 Å². The molecule has 0 saturated heterocycles. The third-order valence-corrected chi connectivity index (χ3v) is 3.62. The fourth-order valence-corrected chi connectivity index (χ4v) is 2.55. The van der Waals surface area contributed by atoms with Crippen LogP contribution >= 0.6 is 0 Å². The quantitative estimate of drug-likeness (QED) is 0.654. The first-order valence-corrected chi connectivity index (χ1v) is 6.45. The third kappa shape index (κ3) is 1.97. The average Bonchev–Trinajstić information content (AvgIpc) is 2.42. The van der Waals surface area contributed by atoms with Gasteiger partial charge in [-0.2, -0.15) is 0 Å². The van der Waals surface area contributed by atoms with Gasteiger partial charge in [0, 0.05) is 0 Å². The summed E-state index contributed by atoms with van der Waals surface area (Å²) in [4.78, 5) is 0. The first-order chi connectivity index (χ1) is 9.16. The molecule has 3 rings (SSSR count). The van der Waals surface area contributed by atoms with E-state index in [2.05, 4.69) is 48.5 Å². The van der Waals surface area contributed by atoms with Crippen LogP contribution in [0.2, 0.25) is 0 Å². The van der Waals surface area contributed by atoms with Gasteiger partial charge < -0.3 is 5.11 Å². The summed E-state index contributed by atoms with van der Waals surface area (Å²) < 4.78 is 0. The zero-order valence-electron chi connectivity index (χ0n) is 11.1. The second-order valence-electron chi connectivity index (χ2n) is 4.98. The maximum Gasteiger partial charge on any atom is 0.118 e. The van der Waals surface area contributed by atoms with Crippen molar-refractivity contribution in [1.82, 2.24) is 0 Å². The molecule has 0 radical (unpaired) electrons. The standard InChI is InChI=1S/C18H16O/c1-12-11-18(19)13(2)10-17(12)16-9-5-7-14-6-3-4-8-15(14)16/h3-11,19H,1-2H3. The van der Waals surface area contributed by atoms with Gasteiger partial charge in [-0.25, -0.2) is 0 Å². The first kappa shape index (κ1) is 11.8. The molecular weight excluding hydrogens is 232 g/mol. The molecule has 0 bridgehead atoms. The van der Waals surface area contributed by atoms with E-state index >= 15 is 0 Å². The summed E-state index contributed by atoms with van der Waals surface area (Å²) >= 11 is 0. The fraction of sp³-hybridized carbons (Fsp3) is 0.111. The van der Waals surface area contributed by atoms with Gasteiger partial charge in [-0.1, -0.05) is 42.5 Å². The molecule has 0 atom stereocenters. The Hall–Kier alpha value is -2.28. The van der Waals surface area contributed by atoms with Crippen LogP contribution in [0.4, 0.5) is 0 Å². The van der Waals surface area contributed by atoms with Gasteiger partial charge in [0.25, 0.3) is 0 Å². The lowest BCUT2D eigenvalue weighted by molar-refractivity contribution is 0.471. The molecule has 1 N–H and O–H groups in total. The number of hydrogen-bond donors (Lipinski definition) is 1. The van der Waals surface area contributed by atoms with Crippen LogP contribution in [0.25, 0.3) is 21.9 Å². The molecule has 0 amide bonds. The number of benzene rings is 3. The number of aryl methyl sites for hydroxylation is 2. The summed E-state index contributed by atoms with van der Waals surface area (Å²) in [5.74, 6) is 0.362. The van der Waals surface area contributed by atoms with Crippen LogP contribution in [-0.2, 0) is 0 Å². The molecule has 0 unspecified atom stereocenters. The minimum atomic E-state index is 0.362. The molecule has 19 heavy (non-hydrogen) atoms. The minimum Gasteiger partial charge on any atom is -0.508 e. The van der Waals surface area contributed by atoms with Crippen LogP contribution in [0.5, 0.6) is 5.75 Å². The molecule has 94 valence electrons. The van der Waals surface area contributed by atoms with Crippen molar-refractivity contribution in [3.8, 4) is 16.9 Å². The summed E-state index contributed by atoms with van der Waals surface area (Å²) in [5.41, 5.74) is 4.42. The molecule has 0 aliphatic heterocycles. The van der Waals surface area contributed by atoms with Crippen LogP contribution in [0.15, 0.2) is 54.6 Å². The maximum absolute atomic E-state index is 9.78. The normalized spacial score (nSPS) is 10.8. The van der Waals surface area contributed by atoms with Crippen molar-refractivity contribution in [3.05, 3.63) is 65.7 Å². The molecule has 0 fully saturated rings. The van der Waals surface area contributed by atoms with Crippen LogP contribution in [0.3, 0.4) is 0 Å². The lowest BCUT2D eigenvalue weighted by atomic mass is 9.93. The molecule has 0 aliphatic rings. The summed E-state index contributed by atoms with van der Waals surface area (Å²) in [6.07, 6.45) is 0. The van der Waals surface area contributed by atoms with E-state index in [1.54, 1.807) is 0 Å². The number of phenolic OH excluding ortho intramolecular Hbond substituents is 1. The lowest BCUT2D eigenvalue weighted by Gasteiger charge is -2.12. The molecule has 1 nitrogen and oxygen atoms in total. The van der Waals surface area contributed by atoms with E-state index in [1.165, 1.54) is 21.9 Å². The highest BCUT2D eigenvalue weighted by Crippen LogP contribution is 2.33. The van der Waals surface area contributed by atoms with Crippen LogP contribution < -0.4 is 0 Å². The molecule has 1 heteroatoms. The molecule has 0 aromatic heterocycles. The van der Waals surface area contributed by atoms with E-state index in [9.17, 15) is 5.11 Å². The van der Waals surface area contributed by atoms with Crippen molar-refractivity contribution in [2.24, 2.45) is 0 Å². The predicted octanol–water partition coefficient (Wildman–Crippen LogP) is 4.83.